The molecule has 2 N–H and O–H groups in total. The first-order valence-corrected chi connectivity index (χ1v) is 7.59. The predicted octanol–water partition coefficient (Wildman–Crippen LogP) is 3.15. The Labute approximate surface area is 128 Å². The molecule has 0 spiro atoms. The van der Waals surface area contributed by atoms with Crippen molar-refractivity contribution in [3.05, 3.63) is 58.0 Å². The number of hydrogen-bond donors (Lipinski definition) is 2. The van der Waals surface area contributed by atoms with Crippen molar-refractivity contribution in [3.63, 3.8) is 0 Å². The van der Waals surface area contributed by atoms with Gasteiger partial charge in [0.1, 0.15) is 11.5 Å². The lowest BCUT2D eigenvalue weighted by Gasteiger charge is -2.14. The lowest BCUT2D eigenvalue weighted by Crippen LogP contribution is -2.25. The van der Waals surface area contributed by atoms with Gasteiger partial charge in [-0.3, -0.25) is 9.79 Å². The number of carbonyl (C=O) groups excluding carboxylic acids is 1. The lowest BCUT2D eigenvalue weighted by molar-refractivity contribution is -0.117. The minimum Gasteiger partial charge on any atom is -0.505 e. The molecule has 1 aliphatic heterocycles. The van der Waals surface area contributed by atoms with E-state index in [2.05, 4.69) is 16.9 Å². The van der Waals surface area contributed by atoms with Crippen molar-refractivity contribution in [1.82, 2.24) is 5.32 Å². The Morgan fingerprint density at radius 2 is 2.43 bits per heavy atom. The van der Waals surface area contributed by atoms with E-state index in [1.165, 1.54) is 0 Å². The van der Waals surface area contributed by atoms with E-state index in [1.807, 2.05) is 23.6 Å². The van der Waals surface area contributed by atoms with Crippen molar-refractivity contribution in [2.75, 3.05) is 6.54 Å². The average Bonchev–Trinajstić information content (AvgIpc) is 3.04. The third kappa shape index (κ3) is 3.70. The number of allylic oxidation sites excluding steroid dienone is 2. The predicted molar refractivity (Wildman–Crippen MR) is 86.7 cm³/mol. The zero-order chi connectivity index (χ0) is 15.2. The van der Waals surface area contributed by atoms with Gasteiger partial charge >= 0.3 is 0 Å². The van der Waals surface area contributed by atoms with E-state index in [0.717, 1.165) is 16.9 Å². The minimum atomic E-state index is -0.294. The quantitative estimate of drug-likeness (QED) is 0.648. The Bertz CT molecular complexity index is 625. The third-order valence-electron chi connectivity index (χ3n) is 3.18. The average molecular weight is 302 g/mol. The van der Waals surface area contributed by atoms with Crippen LogP contribution in [0.4, 0.5) is 0 Å². The maximum atomic E-state index is 12.1. The summed E-state index contributed by atoms with van der Waals surface area (Å²) >= 11 is 1.58. The van der Waals surface area contributed by atoms with E-state index in [4.69, 9.17) is 0 Å². The van der Waals surface area contributed by atoms with Crippen molar-refractivity contribution in [2.24, 2.45) is 4.99 Å². The number of nitrogens with zero attached hydrogens (tertiary/aromatic N) is 1. The maximum absolute atomic E-state index is 12.1. The van der Waals surface area contributed by atoms with Crippen molar-refractivity contribution in [2.45, 2.75) is 19.9 Å². The Morgan fingerprint density at radius 3 is 3.10 bits per heavy atom. The molecule has 1 aliphatic rings. The molecule has 110 valence electrons. The molecule has 0 fully saturated rings. The fourth-order valence-electron chi connectivity index (χ4n) is 1.97. The molecule has 0 saturated carbocycles. The number of hydrogen-bond acceptors (Lipinski definition) is 4. The number of aliphatic hydroxyl groups excluding tert-OH is 1. The summed E-state index contributed by atoms with van der Waals surface area (Å²) in [6.07, 6.45) is 4.43. The van der Waals surface area contributed by atoms with Crippen LogP contribution < -0.4 is 5.32 Å². The highest BCUT2D eigenvalue weighted by atomic mass is 32.1. The molecule has 0 radical (unpaired) electrons. The van der Waals surface area contributed by atoms with Gasteiger partial charge in [-0.2, -0.15) is 0 Å². The summed E-state index contributed by atoms with van der Waals surface area (Å²) in [5.74, 6) is -0.373. The molecule has 5 heteroatoms. The third-order valence-corrected chi connectivity index (χ3v) is 4.06. The SMILES string of the molecule is C=CC1=CCCN=C1/C(O)=C(\C)C(=O)NCc1cccs1. The van der Waals surface area contributed by atoms with Crippen LogP contribution in [0.3, 0.4) is 0 Å². The van der Waals surface area contributed by atoms with Gasteiger partial charge in [0.15, 0.2) is 0 Å². The zero-order valence-electron chi connectivity index (χ0n) is 11.9. The Kier molecular flexibility index (Phi) is 5.11. The molecule has 0 unspecified atom stereocenters. The summed E-state index contributed by atoms with van der Waals surface area (Å²) < 4.78 is 0. The standard InChI is InChI=1S/C16H18N2O2S/c1-3-12-6-4-8-17-14(12)15(19)11(2)16(20)18-10-13-7-5-9-21-13/h3,5-7,9,19H,1,4,8,10H2,2H3,(H,18,20)/b15-11-. The van der Waals surface area contributed by atoms with Gasteiger partial charge in [-0.1, -0.05) is 24.8 Å². The second kappa shape index (κ2) is 7.04. The molecular weight excluding hydrogens is 284 g/mol. The molecule has 4 nitrogen and oxygen atoms in total. The number of dihydropyridines is 1. The van der Waals surface area contributed by atoms with E-state index >= 15 is 0 Å². The molecule has 0 aliphatic carbocycles. The lowest BCUT2D eigenvalue weighted by atomic mass is 10.0. The zero-order valence-corrected chi connectivity index (χ0v) is 12.7. The van der Waals surface area contributed by atoms with Gasteiger partial charge in [0.2, 0.25) is 0 Å². The first-order chi connectivity index (χ1) is 10.1. The molecule has 1 aromatic rings. The number of aliphatic imine (C=N–C) groups is 1. The van der Waals surface area contributed by atoms with Crippen LogP contribution in [0.5, 0.6) is 0 Å². The summed E-state index contributed by atoms with van der Waals surface area (Å²) in [5.41, 5.74) is 1.48. The van der Waals surface area contributed by atoms with E-state index in [1.54, 1.807) is 24.3 Å². The van der Waals surface area contributed by atoms with Crippen LogP contribution in [-0.2, 0) is 11.3 Å². The molecule has 0 aromatic carbocycles. The van der Waals surface area contributed by atoms with Crippen LogP contribution in [0.1, 0.15) is 18.2 Å². The fraction of sp³-hybridized carbons (Fsp3) is 0.250. The summed E-state index contributed by atoms with van der Waals surface area (Å²) in [6.45, 7) is 6.37. The number of aliphatic hydroxyl groups is 1. The number of thiophene rings is 1. The first kappa shape index (κ1) is 15.3. The topological polar surface area (TPSA) is 61.7 Å². The summed E-state index contributed by atoms with van der Waals surface area (Å²) in [6, 6.07) is 3.89. The van der Waals surface area contributed by atoms with E-state index in [-0.39, 0.29) is 17.2 Å². The van der Waals surface area contributed by atoms with E-state index in [0.29, 0.717) is 18.8 Å². The molecule has 1 aromatic heterocycles. The summed E-state index contributed by atoms with van der Waals surface area (Å²) in [5, 5.41) is 15.0. The van der Waals surface area contributed by atoms with Gasteiger partial charge in [0, 0.05) is 11.4 Å². The molecule has 2 rings (SSSR count). The maximum Gasteiger partial charge on any atom is 0.251 e. The summed E-state index contributed by atoms with van der Waals surface area (Å²) in [7, 11) is 0. The van der Waals surface area contributed by atoms with Gasteiger partial charge in [-0.15, -0.1) is 11.3 Å². The number of amides is 1. The highest BCUT2D eigenvalue weighted by Crippen LogP contribution is 2.16. The largest absolute Gasteiger partial charge is 0.505 e. The minimum absolute atomic E-state index is 0.0791. The van der Waals surface area contributed by atoms with Gasteiger partial charge in [-0.05, 0) is 30.4 Å². The van der Waals surface area contributed by atoms with Gasteiger partial charge < -0.3 is 10.4 Å². The molecule has 0 atom stereocenters. The van der Waals surface area contributed by atoms with E-state index < -0.39 is 0 Å². The molecular formula is C16H18N2O2S. The Morgan fingerprint density at radius 1 is 1.62 bits per heavy atom. The van der Waals surface area contributed by atoms with Crippen LogP contribution in [0, 0.1) is 0 Å². The molecule has 0 saturated heterocycles. The van der Waals surface area contributed by atoms with Crippen LogP contribution in [0.15, 0.2) is 58.1 Å². The normalized spacial score (nSPS) is 15.7. The van der Waals surface area contributed by atoms with Gasteiger partial charge in [0.25, 0.3) is 5.91 Å². The monoisotopic (exact) mass is 302 g/mol. The Balaban J connectivity index is 2.10. The van der Waals surface area contributed by atoms with Crippen LogP contribution in [-0.4, -0.2) is 23.3 Å². The molecule has 1 amide bonds. The first-order valence-electron chi connectivity index (χ1n) is 6.71. The number of nitrogens with one attached hydrogen (secondary N) is 1. The fourth-order valence-corrected chi connectivity index (χ4v) is 2.62. The molecule has 21 heavy (non-hydrogen) atoms. The second-order valence-corrected chi connectivity index (χ2v) is 5.65. The van der Waals surface area contributed by atoms with Gasteiger partial charge in [-0.25, -0.2) is 0 Å². The smallest absolute Gasteiger partial charge is 0.251 e. The van der Waals surface area contributed by atoms with Crippen molar-refractivity contribution in [1.29, 1.82) is 0 Å². The number of carbonyl (C=O) groups is 1. The second-order valence-electron chi connectivity index (χ2n) is 4.62. The highest BCUT2D eigenvalue weighted by Gasteiger charge is 2.18. The summed E-state index contributed by atoms with van der Waals surface area (Å²) in [4.78, 5) is 17.4. The van der Waals surface area contributed by atoms with Crippen molar-refractivity contribution >= 4 is 23.0 Å². The van der Waals surface area contributed by atoms with Crippen LogP contribution >= 0.6 is 11.3 Å². The van der Waals surface area contributed by atoms with Crippen molar-refractivity contribution in [3.8, 4) is 0 Å². The number of rotatable bonds is 5. The van der Waals surface area contributed by atoms with Crippen LogP contribution in [0.2, 0.25) is 0 Å². The van der Waals surface area contributed by atoms with Gasteiger partial charge in [0.05, 0.1) is 12.1 Å². The molecule has 2 heterocycles. The van der Waals surface area contributed by atoms with Crippen molar-refractivity contribution < 1.29 is 9.90 Å². The van der Waals surface area contributed by atoms with E-state index in [9.17, 15) is 9.90 Å². The Hall–Kier alpha value is -2.14. The van der Waals surface area contributed by atoms with Crippen LogP contribution in [0.25, 0.3) is 0 Å². The highest BCUT2D eigenvalue weighted by molar-refractivity contribution is 7.09. The molecule has 0 bridgehead atoms.